The van der Waals surface area contributed by atoms with E-state index in [-0.39, 0.29) is 6.10 Å². The van der Waals surface area contributed by atoms with Crippen molar-refractivity contribution in [2.75, 3.05) is 39.3 Å². The van der Waals surface area contributed by atoms with Gasteiger partial charge in [-0.2, -0.15) is 13.0 Å². The van der Waals surface area contributed by atoms with Crippen LogP contribution < -0.4 is 4.57 Å². The van der Waals surface area contributed by atoms with Crippen LogP contribution in [0.4, 0.5) is 0 Å². The van der Waals surface area contributed by atoms with Crippen molar-refractivity contribution in [3.8, 4) is 0 Å². The van der Waals surface area contributed by atoms with E-state index < -0.39 is 10.1 Å². The lowest BCUT2D eigenvalue weighted by Gasteiger charge is -2.17. The molecule has 0 fully saturated rings. The number of ether oxygens (including phenoxy) is 3. The number of rotatable bonds is 29. The highest BCUT2D eigenvalue weighted by atomic mass is 32.2. The van der Waals surface area contributed by atoms with Crippen molar-refractivity contribution in [3.05, 3.63) is 17.1 Å². The highest BCUT2D eigenvalue weighted by Gasteiger charge is 2.09. The van der Waals surface area contributed by atoms with E-state index in [1.807, 2.05) is 0 Å². The van der Waals surface area contributed by atoms with E-state index >= 15 is 0 Å². The maximum atomic E-state index is 9.19. The van der Waals surface area contributed by atoms with E-state index in [0.29, 0.717) is 19.5 Å². The summed E-state index contributed by atoms with van der Waals surface area (Å²) in [5.74, 6) is 0. The molecule has 1 heterocycles. The molecule has 1 aromatic rings. The van der Waals surface area contributed by atoms with Gasteiger partial charge in [-0.05, 0) is 26.2 Å². The van der Waals surface area contributed by atoms with Crippen LogP contribution in [0.5, 0.6) is 0 Å². The minimum atomic E-state index is -3.67. The lowest BCUT2D eigenvalue weighted by molar-refractivity contribution is -0.692. The van der Waals surface area contributed by atoms with Gasteiger partial charge >= 0.3 is 0 Å². The lowest BCUT2D eigenvalue weighted by atomic mass is 10.0. The van der Waals surface area contributed by atoms with Crippen LogP contribution in [0.1, 0.15) is 136 Å². The van der Waals surface area contributed by atoms with Crippen LogP contribution in [-0.4, -0.2) is 58.4 Å². The monoisotopic (exact) mass is 622 g/mol. The number of hydrogen-bond acceptors (Lipinski definition) is 6. The fourth-order valence-corrected chi connectivity index (χ4v) is 5.25. The predicted molar refractivity (Wildman–Crippen MR) is 172 cm³/mol. The Bertz CT molecular complexity index is 723. The molecule has 0 amide bonds. The average molecular weight is 623 g/mol. The van der Waals surface area contributed by atoms with Crippen LogP contribution in [0, 0.1) is 0 Å². The van der Waals surface area contributed by atoms with Crippen molar-refractivity contribution in [2.45, 2.75) is 148 Å². The topological polar surface area (TPSA) is 85.9 Å². The third-order valence-electron chi connectivity index (χ3n) is 6.88. The molecule has 41 heavy (non-hydrogen) atoms. The fourth-order valence-electron chi connectivity index (χ4n) is 4.63. The molecular formula is C32H64NO6S2+. The molecule has 0 spiro atoms. The van der Waals surface area contributed by atoms with E-state index in [1.165, 1.54) is 116 Å². The molecule has 7 nitrogen and oxygen atoms in total. The molecule has 0 bridgehead atoms. The quantitative estimate of drug-likeness (QED) is 0.0548. The summed E-state index contributed by atoms with van der Waals surface area (Å²) in [6, 6.07) is 0. The van der Waals surface area contributed by atoms with Crippen LogP contribution in [0.2, 0.25) is 0 Å². The Morgan fingerprint density at radius 3 is 1.51 bits per heavy atom. The Morgan fingerprint density at radius 1 is 0.707 bits per heavy atom. The lowest BCUT2D eigenvalue weighted by Crippen LogP contribution is -2.29. The molecule has 0 aliphatic rings. The molecule has 0 radical (unpaired) electrons. The molecule has 9 heteroatoms. The summed E-state index contributed by atoms with van der Waals surface area (Å²) in [6.45, 7) is 9.21. The summed E-state index contributed by atoms with van der Waals surface area (Å²) in [5, 5.41) is 2.14. The molecule has 0 aliphatic carbocycles. The van der Waals surface area contributed by atoms with Crippen LogP contribution in [-0.2, 0) is 30.9 Å². The average Bonchev–Trinajstić information content (AvgIpc) is 3.44. The van der Waals surface area contributed by atoms with Gasteiger partial charge in [-0.3, -0.25) is 4.55 Å². The number of aryl methyl sites for hydroxylation is 1. The van der Waals surface area contributed by atoms with Crippen molar-refractivity contribution in [1.29, 1.82) is 0 Å². The second-order valence-electron chi connectivity index (χ2n) is 11.1. The molecular weight excluding hydrogens is 558 g/mol. The Balaban J connectivity index is 0.00000292. The van der Waals surface area contributed by atoms with E-state index in [1.54, 1.807) is 11.3 Å². The summed E-state index contributed by atoms with van der Waals surface area (Å²) in [7, 11) is -3.67. The van der Waals surface area contributed by atoms with Crippen LogP contribution in [0.3, 0.4) is 0 Å². The third kappa shape index (κ3) is 35.5. The van der Waals surface area contributed by atoms with Gasteiger partial charge in [0.2, 0.25) is 5.51 Å². The van der Waals surface area contributed by atoms with Crippen LogP contribution in [0.15, 0.2) is 17.1 Å². The number of nitrogens with zero attached hydrogens (tertiary/aromatic N) is 1. The zero-order valence-corrected chi connectivity index (χ0v) is 28.4. The summed E-state index contributed by atoms with van der Waals surface area (Å²) in [5.41, 5.74) is 2.19. The highest BCUT2D eigenvalue weighted by molar-refractivity contribution is 7.85. The van der Waals surface area contributed by atoms with Crippen molar-refractivity contribution >= 4 is 21.5 Å². The zero-order chi connectivity index (χ0) is 30.3. The van der Waals surface area contributed by atoms with Gasteiger partial charge in [-0.25, -0.2) is 0 Å². The Hall–Kier alpha value is -0.580. The third-order valence-corrected chi connectivity index (χ3v) is 7.56. The minimum absolute atomic E-state index is 0.0734. The first kappa shape index (κ1) is 40.4. The van der Waals surface area contributed by atoms with Gasteiger partial charge in [-0.15, -0.1) is 0 Å². The van der Waals surface area contributed by atoms with Gasteiger partial charge in [0.1, 0.15) is 12.6 Å². The fraction of sp³-hybridized carbons (Fsp3) is 0.906. The normalized spacial score (nSPS) is 12.3. The minimum Gasteiger partial charge on any atom is -0.379 e. The van der Waals surface area contributed by atoms with E-state index in [2.05, 4.69) is 35.5 Å². The molecule has 1 rings (SSSR count). The summed E-state index contributed by atoms with van der Waals surface area (Å²) in [4.78, 5) is 0. The molecule has 1 atom stereocenters. The number of unbranched alkanes of at least 4 members (excludes halogenated alkanes) is 17. The van der Waals surface area contributed by atoms with E-state index in [9.17, 15) is 8.42 Å². The van der Waals surface area contributed by atoms with Gasteiger partial charge < -0.3 is 14.2 Å². The first-order chi connectivity index (χ1) is 19.9. The molecule has 0 saturated heterocycles. The maximum absolute atomic E-state index is 9.19. The van der Waals surface area contributed by atoms with Gasteiger partial charge in [-0.1, -0.05) is 115 Å². The Kier molecular flexibility index (Phi) is 30.4. The highest BCUT2D eigenvalue weighted by Crippen LogP contribution is 2.13. The zero-order valence-electron chi connectivity index (χ0n) is 26.7. The van der Waals surface area contributed by atoms with Crippen molar-refractivity contribution < 1.29 is 31.7 Å². The standard InChI is InChI=1S/C31H60NO3S.CH4O3S/c1-3-5-6-7-8-9-10-11-12-13-14-15-18-21-25-33-28-31(35-4-2)29-34-26-22-19-16-17-20-23-32-24-27-36-30-32;1-5(2,3)4/h24,27,30-31H,3-23,25-26,28-29H2,1-2H3;1H3,(H,2,3,4)/q+1;. The largest absolute Gasteiger partial charge is 0.379 e. The van der Waals surface area contributed by atoms with E-state index in [0.717, 1.165) is 32.8 Å². The SMILES string of the molecule is CCCCCCCCCCCCCCCCOCC(COCCCCCCC[n+]1ccsc1)OCC.CS(=O)(=O)O. The van der Waals surface area contributed by atoms with Gasteiger partial charge in [0.15, 0.2) is 6.20 Å². The predicted octanol–water partition coefficient (Wildman–Crippen LogP) is 8.41. The molecule has 0 saturated carbocycles. The van der Waals surface area contributed by atoms with Crippen molar-refractivity contribution in [3.63, 3.8) is 0 Å². The Labute approximate surface area is 257 Å². The van der Waals surface area contributed by atoms with Crippen LogP contribution in [0.25, 0.3) is 0 Å². The summed E-state index contributed by atoms with van der Waals surface area (Å²) < 4.78 is 45.7. The molecule has 0 aromatic carbocycles. The molecule has 1 N–H and O–H groups in total. The Morgan fingerprint density at radius 2 is 1.12 bits per heavy atom. The van der Waals surface area contributed by atoms with Gasteiger partial charge in [0, 0.05) is 26.2 Å². The molecule has 0 aliphatic heterocycles. The second-order valence-corrected chi connectivity index (χ2v) is 13.3. The number of hydrogen-bond donors (Lipinski definition) is 1. The number of thiazole rings is 1. The first-order valence-electron chi connectivity index (χ1n) is 16.5. The van der Waals surface area contributed by atoms with Crippen molar-refractivity contribution in [2.24, 2.45) is 0 Å². The smallest absolute Gasteiger partial charge is 0.261 e. The summed E-state index contributed by atoms with van der Waals surface area (Å²) >= 11 is 1.76. The number of aromatic nitrogens is 1. The first-order valence-corrected chi connectivity index (χ1v) is 19.3. The molecule has 1 unspecified atom stereocenters. The van der Waals surface area contributed by atoms with Gasteiger partial charge in [0.05, 0.1) is 24.8 Å². The molecule has 244 valence electrons. The van der Waals surface area contributed by atoms with E-state index in [4.69, 9.17) is 18.8 Å². The molecule has 1 aromatic heterocycles. The second kappa shape index (κ2) is 30.9. The summed E-state index contributed by atoms with van der Waals surface area (Å²) in [6.07, 6.45) is 28.7. The maximum Gasteiger partial charge on any atom is 0.261 e. The van der Waals surface area contributed by atoms with Gasteiger partial charge in [0.25, 0.3) is 10.1 Å². The van der Waals surface area contributed by atoms with Crippen molar-refractivity contribution in [1.82, 2.24) is 0 Å². The van der Waals surface area contributed by atoms with Crippen LogP contribution >= 0.6 is 11.3 Å².